The summed E-state index contributed by atoms with van der Waals surface area (Å²) in [6.45, 7) is 0.506. The molecule has 1 saturated heterocycles. The number of amides is 1. The summed E-state index contributed by atoms with van der Waals surface area (Å²) in [5.41, 5.74) is 1.26. The van der Waals surface area contributed by atoms with E-state index in [1.807, 2.05) is 0 Å². The molecule has 1 aliphatic heterocycles. The number of hydrogen-bond acceptors (Lipinski definition) is 3. The highest BCUT2D eigenvalue weighted by Gasteiger charge is 2.21. The zero-order valence-corrected chi connectivity index (χ0v) is 13.6. The lowest BCUT2D eigenvalue weighted by molar-refractivity contribution is -0.117. The Hall–Kier alpha value is -2.40. The quantitative estimate of drug-likeness (QED) is 0.771. The highest BCUT2D eigenvalue weighted by molar-refractivity contribution is 6.32. The molecule has 4 nitrogen and oxygen atoms in total. The monoisotopic (exact) mass is 347 g/mol. The number of hydrogen-bond donors (Lipinski definition) is 0. The molecule has 6 heteroatoms. The first kappa shape index (κ1) is 16.5. The average molecular weight is 348 g/mol. The van der Waals surface area contributed by atoms with Crippen molar-refractivity contribution in [3.05, 3.63) is 58.9 Å². The molecule has 1 fully saturated rings. The summed E-state index contributed by atoms with van der Waals surface area (Å²) in [7, 11) is 0. The normalized spacial score (nSPS) is 14.1. The van der Waals surface area contributed by atoms with Gasteiger partial charge in [0.25, 0.3) is 0 Å². The van der Waals surface area contributed by atoms with Gasteiger partial charge in [0.2, 0.25) is 5.91 Å². The van der Waals surface area contributed by atoms with Crippen molar-refractivity contribution in [3.63, 3.8) is 0 Å². The Balaban J connectivity index is 1.63. The molecule has 0 aromatic heterocycles. The maximum Gasteiger partial charge on any atom is 0.227 e. The van der Waals surface area contributed by atoms with E-state index in [9.17, 15) is 14.0 Å². The van der Waals surface area contributed by atoms with Gasteiger partial charge in [0.05, 0.1) is 5.02 Å². The van der Waals surface area contributed by atoms with E-state index in [1.165, 1.54) is 12.1 Å². The molecule has 1 aliphatic rings. The number of carbonyl (C=O) groups is 2. The number of anilines is 1. The second-order valence-electron chi connectivity index (χ2n) is 5.48. The number of benzene rings is 2. The highest BCUT2D eigenvalue weighted by atomic mass is 35.5. The molecule has 24 heavy (non-hydrogen) atoms. The van der Waals surface area contributed by atoms with E-state index in [1.54, 1.807) is 29.2 Å². The third kappa shape index (κ3) is 3.57. The van der Waals surface area contributed by atoms with Gasteiger partial charge in [0.15, 0.2) is 12.4 Å². The van der Waals surface area contributed by atoms with Crippen LogP contribution in [0.3, 0.4) is 0 Å². The van der Waals surface area contributed by atoms with Crippen LogP contribution in [0.15, 0.2) is 42.5 Å². The van der Waals surface area contributed by atoms with Crippen LogP contribution in [0, 0.1) is 5.82 Å². The Morgan fingerprint density at radius 1 is 1.21 bits per heavy atom. The Kier molecular flexibility index (Phi) is 4.81. The van der Waals surface area contributed by atoms with Crippen LogP contribution in [-0.4, -0.2) is 24.8 Å². The van der Waals surface area contributed by atoms with Gasteiger partial charge in [-0.3, -0.25) is 9.59 Å². The molecule has 0 atom stereocenters. The van der Waals surface area contributed by atoms with Gasteiger partial charge in [-0.15, -0.1) is 0 Å². The van der Waals surface area contributed by atoms with Gasteiger partial charge < -0.3 is 9.64 Å². The van der Waals surface area contributed by atoms with E-state index in [4.69, 9.17) is 16.3 Å². The number of halogens is 2. The lowest BCUT2D eigenvalue weighted by Crippen LogP contribution is -2.23. The fourth-order valence-corrected chi connectivity index (χ4v) is 2.79. The molecule has 0 spiro atoms. The van der Waals surface area contributed by atoms with Crippen LogP contribution in [0.1, 0.15) is 23.2 Å². The van der Waals surface area contributed by atoms with Crippen LogP contribution in [-0.2, 0) is 4.79 Å². The van der Waals surface area contributed by atoms with Crippen molar-refractivity contribution in [2.75, 3.05) is 18.1 Å². The fourth-order valence-electron chi connectivity index (χ4n) is 2.57. The second-order valence-corrected chi connectivity index (χ2v) is 5.89. The second kappa shape index (κ2) is 7.01. The molecule has 2 aromatic rings. The summed E-state index contributed by atoms with van der Waals surface area (Å²) in [6, 6.07) is 10.6. The summed E-state index contributed by atoms with van der Waals surface area (Å²) in [5.74, 6) is -0.338. The molecule has 0 saturated carbocycles. The Morgan fingerprint density at radius 3 is 2.58 bits per heavy atom. The molecule has 0 radical (unpaired) electrons. The van der Waals surface area contributed by atoms with Crippen molar-refractivity contribution >= 4 is 29.0 Å². The minimum Gasteiger partial charge on any atom is -0.484 e. The van der Waals surface area contributed by atoms with Gasteiger partial charge in [-0.2, -0.15) is 0 Å². The molecular formula is C18H15ClFNO3. The largest absolute Gasteiger partial charge is 0.484 e. The van der Waals surface area contributed by atoms with Crippen LogP contribution < -0.4 is 9.64 Å². The molecule has 124 valence electrons. The number of carbonyl (C=O) groups excluding carboxylic acids is 2. The van der Waals surface area contributed by atoms with Crippen LogP contribution in [0.25, 0.3) is 0 Å². The number of rotatable bonds is 5. The summed E-state index contributed by atoms with van der Waals surface area (Å²) in [6.07, 6.45) is 1.42. The van der Waals surface area contributed by atoms with Gasteiger partial charge in [-0.1, -0.05) is 11.6 Å². The van der Waals surface area contributed by atoms with Gasteiger partial charge in [0.1, 0.15) is 11.6 Å². The standard InChI is InChI=1S/C18H15ClFNO3/c19-15-10-13(20)5-8-17(15)24-11-16(22)12-3-6-14(7-4-12)21-9-1-2-18(21)23/h3-8,10H,1-2,9,11H2. The molecule has 0 N–H and O–H groups in total. The molecule has 1 heterocycles. The minimum atomic E-state index is -0.467. The van der Waals surface area contributed by atoms with Crippen LogP contribution in [0.2, 0.25) is 5.02 Å². The SMILES string of the molecule is O=C(COc1ccc(F)cc1Cl)c1ccc(N2CCCC2=O)cc1. The fraction of sp³-hybridized carbons (Fsp3) is 0.222. The molecule has 0 unspecified atom stereocenters. The molecule has 3 rings (SSSR count). The van der Waals surface area contributed by atoms with E-state index in [0.717, 1.165) is 18.2 Å². The van der Waals surface area contributed by atoms with Gasteiger partial charge in [-0.25, -0.2) is 4.39 Å². The first-order valence-corrected chi connectivity index (χ1v) is 7.94. The van der Waals surface area contributed by atoms with Crippen molar-refractivity contribution in [2.45, 2.75) is 12.8 Å². The van der Waals surface area contributed by atoms with Crippen LogP contribution in [0.5, 0.6) is 5.75 Å². The van der Waals surface area contributed by atoms with Gasteiger partial charge in [-0.05, 0) is 48.9 Å². The van der Waals surface area contributed by atoms with Crippen molar-refractivity contribution in [1.82, 2.24) is 0 Å². The molecule has 0 aliphatic carbocycles. The van der Waals surface area contributed by atoms with Gasteiger partial charge >= 0.3 is 0 Å². The summed E-state index contributed by atoms with van der Waals surface area (Å²) >= 11 is 5.85. The molecule has 1 amide bonds. The first-order chi connectivity index (χ1) is 11.5. The first-order valence-electron chi connectivity index (χ1n) is 7.56. The predicted molar refractivity (Wildman–Crippen MR) is 89.3 cm³/mol. The number of ether oxygens (including phenoxy) is 1. The summed E-state index contributed by atoms with van der Waals surface area (Å²) < 4.78 is 18.3. The van der Waals surface area contributed by atoms with Crippen molar-refractivity contribution < 1.29 is 18.7 Å². The average Bonchev–Trinajstić information content (AvgIpc) is 3.00. The Labute approximate surface area is 143 Å². The molecule has 2 aromatic carbocycles. The third-order valence-electron chi connectivity index (χ3n) is 3.83. The van der Waals surface area contributed by atoms with E-state index < -0.39 is 5.82 Å². The maximum absolute atomic E-state index is 13.0. The van der Waals surface area contributed by atoms with Gasteiger partial charge in [0, 0.05) is 24.2 Å². The molecule has 0 bridgehead atoms. The zero-order chi connectivity index (χ0) is 17.1. The van der Waals surface area contributed by atoms with E-state index in [2.05, 4.69) is 0 Å². The predicted octanol–water partition coefficient (Wildman–Crippen LogP) is 3.87. The number of ketones is 1. The maximum atomic E-state index is 13.0. The smallest absolute Gasteiger partial charge is 0.227 e. The number of nitrogens with zero attached hydrogens (tertiary/aromatic N) is 1. The van der Waals surface area contributed by atoms with Crippen LogP contribution in [0.4, 0.5) is 10.1 Å². The van der Waals surface area contributed by atoms with E-state index in [0.29, 0.717) is 18.5 Å². The van der Waals surface area contributed by atoms with Crippen molar-refractivity contribution in [3.8, 4) is 5.75 Å². The van der Waals surface area contributed by atoms with Crippen molar-refractivity contribution in [2.24, 2.45) is 0 Å². The number of Topliss-reactive ketones (excluding diaryl/α,β-unsaturated/α-hetero) is 1. The van der Waals surface area contributed by atoms with E-state index in [-0.39, 0.29) is 29.1 Å². The zero-order valence-electron chi connectivity index (χ0n) is 12.8. The van der Waals surface area contributed by atoms with Crippen molar-refractivity contribution in [1.29, 1.82) is 0 Å². The third-order valence-corrected chi connectivity index (χ3v) is 4.12. The topological polar surface area (TPSA) is 46.6 Å². The minimum absolute atomic E-state index is 0.100. The summed E-state index contributed by atoms with van der Waals surface area (Å²) in [5, 5.41) is 0.116. The lowest BCUT2D eigenvalue weighted by Gasteiger charge is -2.15. The highest BCUT2D eigenvalue weighted by Crippen LogP contribution is 2.25. The molecular weight excluding hydrogens is 333 g/mol. The van der Waals surface area contributed by atoms with E-state index >= 15 is 0 Å². The van der Waals surface area contributed by atoms with Crippen LogP contribution >= 0.6 is 11.6 Å². The summed E-state index contributed by atoms with van der Waals surface area (Å²) in [4.78, 5) is 25.6. The Bertz CT molecular complexity index is 776. The lowest BCUT2D eigenvalue weighted by atomic mass is 10.1. The Morgan fingerprint density at radius 2 is 1.96 bits per heavy atom.